The van der Waals surface area contributed by atoms with Crippen molar-refractivity contribution in [3.8, 4) is 0 Å². The van der Waals surface area contributed by atoms with E-state index in [1.54, 1.807) is 6.20 Å². The molecule has 88 valence electrons. The van der Waals surface area contributed by atoms with Gasteiger partial charge in [-0.2, -0.15) is 0 Å². The van der Waals surface area contributed by atoms with Gasteiger partial charge in [0.05, 0.1) is 5.92 Å². The molecule has 0 saturated carbocycles. The van der Waals surface area contributed by atoms with Gasteiger partial charge in [0.1, 0.15) is 0 Å². The lowest BCUT2D eigenvalue weighted by atomic mass is 10.1. The van der Waals surface area contributed by atoms with Gasteiger partial charge in [-0.05, 0) is 41.5 Å². The summed E-state index contributed by atoms with van der Waals surface area (Å²) in [6.07, 6.45) is 4.89. The number of hydrogen-bond donors (Lipinski definition) is 1. The molecule has 0 fully saturated rings. The third-order valence-electron chi connectivity index (χ3n) is 3.24. The van der Waals surface area contributed by atoms with Gasteiger partial charge in [0, 0.05) is 17.8 Å². The summed E-state index contributed by atoms with van der Waals surface area (Å²) in [5.41, 5.74) is 2.33. The highest BCUT2D eigenvalue weighted by molar-refractivity contribution is 5.85. The summed E-state index contributed by atoms with van der Waals surface area (Å²) in [6.45, 7) is 0. The van der Waals surface area contributed by atoms with Crippen molar-refractivity contribution in [2.75, 3.05) is 0 Å². The first-order valence-electron chi connectivity index (χ1n) is 5.32. The van der Waals surface area contributed by atoms with Crippen LogP contribution in [0.25, 0.3) is 10.8 Å². The molecule has 0 radical (unpaired) electrons. The van der Waals surface area contributed by atoms with E-state index in [2.05, 4.69) is 17.1 Å². The number of hydrogen-bond acceptors (Lipinski definition) is 2. The average Bonchev–Trinajstić information content (AvgIpc) is 2.68. The van der Waals surface area contributed by atoms with Crippen LogP contribution >= 0.6 is 12.4 Å². The lowest BCUT2D eigenvalue weighted by Crippen LogP contribution is -2.12. The standard InChI is InChI=1S/C13H11NO2.ClH/c15-13(16)11-4-9-3-8-1-2-14-7-12(8)6-10(9)5-11;/h1-3,6-7,11H,4-5H2,(H,15,16);1H. The lowest BCUT2D eigenvalue weighted by Gasteiger charge is -2.01. The minimum atomic E-state index is -0.696. The molecule has 1 aromatic heterocycles. The Balaban J connectivity index is 0.00000108. The van der Waals surface area contributed by atoms with Crippen molar-refractivity contribution in [2.24, 2.45) is 5.92 Å². The molecule has 1 atom stereocenters. The predicted molar refractivity (Wildman–Crippen MR) is 67.5 cm³/mol. The van der Waals surface area contributed by atoms with Crippen molar-refractivity contribution >= 4 is 29.1 Å². The third-order valence-corrected chi connectivity index (χ3v) is 3.24. The molecule has 4 heteroatoms. The fourth-order valence-corrected chi connectivity index (χ4v) is 2.39. The highest BCUT2D eigenvalue weighted by Gasteiger charge is 2.27. The second-order valence-corrected chi connectivity index (χ2v) is 4.29. The molecular formula is C13H12ClNO2. The summed E-state index contributed by atoms with van der Waals surface area (Å²) in [5.74, 6) is -0.946. The van der Waals surface area contributed by atoms with E-state index in [9.17, 15) is 4.79 Å². The molecule has 0 bridgehead atoms. The first-order valence-corrected chi connectivity index (χ1v) is 5.32. The molecule has 1 N–H and O–H groups in total. The summed E-state index contributed by atoms with van der Waals surface area (Å²) in [6, 6.07) is 6.12. The van der Waals surface area contributed by atoms with Crippen LogP contribution in [0, 0.1) is 5.92 Å². The Labute approximate surface area is 105 Å². The summed E-state index contributed by atoms with van der Waals surface area (Å²) in [5, 5.41) is 11.2. The second kappa shape index (κ2) is 4.34. The smallest absolute Gasteiger partial charge is 0.307 e. The minimum Gasteiger partial charge on any atom is -0.481 e. The zero-order chi connectivity index (χ0) is 11.1. The van der Waals surface area contributed by atoms with Gasteiger partial charge in [-0.3, -0.25) is 9.78 Å². The monoisotopic (exact) mass is 249 g/mol. The van der Waals surface area contributed by atoms with E-state index in [1.165, 1.54) is 5.56 Å². The zero-order valence-corrected chi connectivity index (χ0v) is 9.91. The summed E-state index contributed by atoms with van der Waals surface area (Å²) in [4.78, 5) is 15.0. The fraction of sp³-hybridized carbons (Fsp3) is 0.231. The predicted octanol–water partition coefficient (Wildman–Crippen LogP) is 2.46. The molecule has 2 aromatic rings. The molecule has 3 nitrogen and oxygen atoms in total. The topological polar surface area (TPSA) is 50.2 Å². The molecule has 17 heavy (non-hydrogen) atoms. The van der Waals surface area contributed by atoms with Crippen LogP contribution in [-0.2, 0) is 17.6 Å². The molecule has 0 amide bonds. The first kappa shape index (κ1) is 11.9. The third kappa shape index (κ3) is 1.98. The largest absolute Gasteiger partial charge is 0.481 e. The highest BCUT2D eigenvalue weighted by Crippen LogP contribution is 2.30. The van der Waals surface area contributed by atoms with Crippen molar-refractivity contribution in [3.05, 3.63) is 41.7 Å². The first-order chi connectivity index (χ1) is 7.74. The normalized spacial score (nSPS) is 17.5. The van der Waals surface area contributed by atoms with Crippen molar-refractivity contribution in [2.45, 2.75) is 12.8 Å². The van der Waals surface area contributed by atoms with E-state index >= 15 is 0 Å². The Hall–Kier alpha value is -1.61. The van der Waals surface area contributed by atoms with Crippen molar-refractivity contribution < 1.29 is 9.90 Å². The maximum absolute atomic E-state index is 11.0. The van der Waals surface area contributed by atoms with Crippen LogP contribution in [0.5, 0.6) is 0 Å². The highest BCUT2D eigenvalue weighted by atomic mass is 35.5. The Morgan fingerprint density at radius 2 is 1.88 bits per heavy atom. The van der Waals surface area contributed by atoms with Crippen LogP contribution in [0.3, 0.4) is 0 Å². The van der Waals surface area contributed by atoms with Gasteiger partial charge in [-0.15, -0.1) is 12.4 Å². The van der Waals surface area contributed by atoms with Crippen LogP contribution in [0.15, 0.2) is 30.6 Å². The molecular weight excluding hydrogens is 238 g/mol. The van der Waals surface area contributed by atoms with Crippen LogP contribution in [0.2, 0.25) is 0 Å². The van der Waals surface area contributed by atoms with Gasteiger partial charge in [-0.1, -0.05) is 6.07 Å². The van der Waals surface area contributed by atoms with Gasteiger partial charge in [0.25, 0.3) is 0 Å². The second-order valence-electron chi connectivity index (χ2n) is 4.29. The van der Waals surface area contributed by atoms with Crippen LogP contribution < -0.4 is 0 Å². The van der Waals surface area contributed by atoms with E-state index in [4.69, 9.17) is 5.11 Å². The molecule has 0 aliphatic heterocycles. The number of carboxylic acids is 1. The number of aromatic nitrogens is 1. The zero-order valence-electron chi connectivity index (χ0n) is 9.09. The molecule has 3 rings (SSSR count). The van der Waals surface area contributed by atoms with Gasteiger partial charge < -0.3 is 5.11 Å². The van der Waals surface area contributed by atoms with Crippen molar-refractivity contribution in [3.63, 3.8) is 0 Å². The number of rotatable bonds is 1. The van der Waals surface area contributed by atoms with Gasteiger partial charge in [0.2, 0.25) is 0 Å². The van der Waals surface area contributed by atoms with Crippen LogP contribution in [0.4, 0.5) is 0 Å². The number of carboxylic acid groups (broad SMARTS) is 1. The minimum absolute atomic E-state index is 0. The van der Waals surface area contributed by atoms with Gasteiger partial charge in [0.15, 0.2) is 0 Å². The number of pyridine rings is 1. The van der Waals surface area contributed by atoms with Gasteiger partial charge >= 0.3 is 5.97 Å². The van der Waals surface area contributed by atoms with Crippen LogP contribution in [0.1, 0.15) is 11.1 Å². The summed E-state index contributed by atoms with van der Waals surface area (Å²) < 4.78 is 0. The maximum atomic E-state index is 11.0. The van der Waals surface area contributed by atoms with E-state index in [0.717, 1.165) is 16.3 Å². The number of benzene rings is 1. The average molecular weight is 250 g/mol. The molecule has 0 saturated heterocycles. The molecule has 1 heterocycles. The molecule has 0 spiro atoms. The quantitative estimate of drug-likeness (QED) is 0.845. The van der Waals surface area contributed by atoms with E-state index < -0.39 is 5.97 Å². The van der Waals surface area contributed by atoms with Crippen LogP contribution in [-0.4, -0.2) is 16.1 Å². The van der Waals surface area contributed by atoms with Gasteiger partial charge in [-0.25, -0.2) is 0 Å². The van der Waals surface area contributed by atoms with E-state index in [1.807, 2.05) is 12.3 Å². The Morgan fingerprint density at radius 3 is 2.53 bits per heavy atom. The SMILES string of the molecule is Cl.O=C(O)C1Cc2cc3ccncc3cc2C1. The number of aliphatic carboxylic acids is 1. The molecule has 1 aliphatic rings. The van der Waals surface area contributed by atoms with Crippen molar-refractivity contribution in [1.82, 2.24) is 4.98 Å². The van der Waals surface area contributed by atoms with E-state index in [-0.39, 0.29) is 18.3 Å². The summed E-state index contributed by atoms with van der Waals surface area (Å²) >= 11 is 0. The fourth-order valence-electron chi connectivity index (χ4n) is 2.39. The Bertz CT molecular complexity index is 538. The van der Waals surface area contributed by atoms with E-state index in [0.29, 0.717) is 12.8 Å². The number of fused-ring (bicyclic) bond motifs is 2. The maximum Gasteiger partial charge on any atom is 0.307 e. The van der Waals surface area contributed by atoms with Crippen molar-refractivity contribution in [1.29, 1.82) is 0 Å². The lowest BCUT2D eigenvalue weighted by molar-refractivity contribution is -0.141. The number of nitrogens with zero attached hydrogens (tertiary/aromatic N) is 1. The Kier molecular flexibility index (Phi) is 3.03. The molecule has 1 aliphatic carbocycles. The number of halogens is 1. The summed E-state index contributed by atoms with van der Waals surface area (Å²) in [7, 11) is 0. The molecule has 1 unspecified atom stereocenters. The Morgan fingerprint density at radius 1 is 1.24 bits per heavy atom. The molecule has 1 aromatic carbocycles. The number of carbonyl (C=O) groups is 1.